The number of rotatable bonds is 0. The van der Waals surface area contributed by atoms with Gasteiger partial charge in [-0.15, -0.1) is 12.4 Å². The van der Waals surface area contributed by atoms with Gasteiger partial charge in [0.15, 0.2) is 0 Å². The Kier molecular flexibility index (Phi) is 4.06. The molecule has 1 aliphatic heterocycles. The molecule has 1 heterocycles. The fourth-order valence-electron chi connectivity index (χ4n) is 3.18. The molecule has 1 nitrogen and oxygen atoms in total. The Bertz CT molecular complexity index is 147. The van der Waals surface area contributed by atoms with Crippen LogP contribution in [0.4, 0.5) is 0 Å². The van der Waals surface area contributed by atoms with Crippen LogP contribution in [0, 0.1) is 11.3 Å². The van der Waals surface area contributed by atoms with Crippen molar-refractivity contribution in [2.45, 2.75) is 45.4 Å². The minimum Gasteiger partial charge on any atom is -0.317 e. The van der Waals surface area contributed by atoms with Crippen molar-refractivity contribution in [2.75, 3.05) is 13.1 Å². The van der Waals surface area contributed by atoms with Crippen molar-refractivity contribution in [2.24, 2.45) is 11.3 Å². The van der Waals surface area contributed by atoms with Crippen LogP contribution in [0.15, 0.2) is 0 Å². The predicted octanol–water partition coefficient (Wildman–Crippen LogP) is 2.99. The van der Waals surface area contributed by atoms with Crippen LogP contribution in [0.2, 0.25) is 0 Å². The molecule has 13 heavy (non-hydrogen) atoms. The van der Waals surface area contributed by atoms with Gasteiger partial charge in [0.1, 0.15) is 0 Å². The van der Waals surface area contributed by atoms with Crippen molar-refractivity contribution in [1.29, 1.82) is 0 Å². The molecule has 1 atom stereocenters. The fraction of sp³-hybridized carbons (Fsp3) is 1.00. The minimum atomic E-state index is 0. The molecule has 1 N–H and O–H groups in total. The maximum Gasteiger partial charge on any atom is -0.00436 e. The van der Waals surface area contributed by atoms with Crippen molar-refractivity contribution < 1.29 is 0 Å². The summed E-state index contributed by atoms with van der Waals surface area (Å²) in [5, 5.41) is 3.47. The first kappa shape index (κ1) is 11.3. The quantitative estimate of drug-likeness (QED) is 0.639. The van der Waals surface area contributed by atoms with Crippen LogP contribution in [0.25, 0.3) is 0 Å². The van der Waals surface area contributed by atoms with Crippen LogP contribution in [0.5, 0.6) is 0 Å². The molecule has 2 heteroatoms. The van der Waals surface area contributed by atoms with Crippen molar-refractivity contribution >= 4 is 12.4 Å². The van der Waals surface area contributed by atoms with E-state index in [2.05, 4.69) is 12.2 Å². The highest BCUT2D eigenvalue weighted by molar-refractivity contribution is 5.85. The van der Waals surface area contributed by atoms with E-state index in [9.17, 15) is 0 Å². The zero-order valence-electron chi connectivity index (χ0n) is 8.64. The second-order valence-corrected chi connectivity index (χ2v) is 4.95. The fourth-order valence-corrected chi connectivity index (χ4v) is 3.18. The molecular formula is C11H22ClN. The lowest BCUT2D eigenvalue weighted by molar-refractivity contribution is 0.102. The summed E-state index contributed by atoms with van der Waals surface area (Å²) in [6.45, 7) is 4.97. The normalized spacial score (nSPS) is 32.5. The zero-order chi connectivity index (χ0) is 8.44. The SMILES string of the molecule is CC1CCCC2(CCNCC2)C1.Cl. The molecule has 0 amide bonds. The van der Waals surface area contributed by atoms with Crippen LogP contribution in [-0.4, -0.2) is 13.1 Å². The van der Waals surface area contributed by atoms with Crippen LogP contribution in [0.3, 0.4) is 0 Å². The molecule has 0 aromatic carbocycles. The Morgan fingerprint density at radius 3 is 2.46 bits per heavy atom. The lowest BCUT2D eigenvalue weighted by Crippen LogP contribution is -2.39. The van der Waals surface area contributed by atoms with Crippen molar-refractivity contribution in [3.05, 3.63) is 0 Å². The van der Waals surface area contributed by atoms with Gasteiger partial charge in [0, 0.05) is 0 Å². The van der Waals surface area contributed by atoms with E-state index in [-0.39, 0.29) is 12.4 Å². The predicted molar refractivity (Wildman–Crippen MR) is 59.4 cm³/mol. The Morgan fingerprint density at radius 1 is 1.15 bits per heavy atom. The smallest absolute Gasteiger partial charge is 0.00436 e. The minimum absolute atomic E-state index is 0. The van der Waals surface area contributed by atoms with Gasteiger partial charge < -0.3 is 5.32 Å². The summed E-state index contributed by atoms with van der Waals surface area (Å²) in [5.41, 5.74) is 0.767. The highest BCUT2D eigenvalue weighted by Crippen LogP contribution is 2.45. The van der Waals surface area contributed by atoms with Crippen LogP contribution in [-0.2, 0) is 0 Å². The molecule has 78 valence electrons. The van der Waals surface area contributed by atoms with Gasteiger partial charge in [0.2, 0.25) is 0 Å². The first-order chi connectivity index (χ1) is 5.81. The maximum absolute atomic E-state index is 3.47. The number of nitrogens with one attached hydrogen (secondary N) is 1. The molecule has 2 fully saturated rings. The molecule has 1 spiro atoms. The van der Waals surface area contributed by atoms with E-state index in [4.69, 9.17) is 0 Å². The molecule has 0 aromatic rings. The van der Waals surface area contributed by atoms with E-state index in [1.54, 1.807) is 0 Å². The summed E-state index contributed by atoms with van der Waals surface area (Å²) in [7, 11) is 0. The Labute approximate surface area is 88.1 Å². The Hall–Kier alpha value is 0.250. The first-order valence-corrected chi connectivity index (χ1v) is 5.52. The zero-order valence-corrected chi connectivity index (χ0v) is 9.46. The average molecular weight is 204 g/mol. The highest BCUT2D eigenvalue weighted by Gasteiger charge is 2.35. The van der Waals surface area contributed by atoms with Gasteiger partial charge in [-0.1, -0.05) is 19.8 Å². The number of hydrogen-bond acceptors (Lipinski definition) is 1. The van der Waals surface area contributed by atoms with Crippen LogP contribution < -0.4 is 5.32 Å². The first-order valence-electron chi connectivity index (χ1n) is 5.52. The standard InChI is InChI=1S/C11H21N.ClH/c1-10-3-2-4-11(9-10)5-7-12-8-6-11;/h10,12H,2-9H2,1H3;1H. The van der Waals surface area contributed by atoms with Gasteiger partial charge in [-0.05, 0) is 50.1 Å². The van der Waals surface area contributed by atoms with Crippen molar-refractivity contribution in [3.8, 4) is 0 Å². The summed E-state index contributed by atoms with van der Waals surface area (Å²) in [6.07, 6.45) is 8.87. The maximum atomic E-state index is 3.47. The van der Waals surface area contributed by atoms with E-state index < -0.39 is 0 Å². The van der Waals surface area contributed by atoms with E-state index in [1.165, 1.54) is 51.6 Å². The Morgan fingerprint density at radius 2 is 1.85 bits per heavy atom. The Balaban J connectivity index is 0.000000845. The third kappa shape index (κ3) is 2.60. The molecule has 2 rings (SSSR count). The van der Waals surface area contributed by atoms with Crippen LogP contribution in [0.1, 0.15) is 45.4 Å². The molecule has 1 saturated carbocycles. The van der Waals surface area contributed by atoms with Gasteiger partial charge in [0.05, 0.1) is 0 Å². The molecule has 0 bridgehead atoms. The molecule has 1 aliphatic carbocycles. The number of piperidine rings is 1. The second-order valence-electron chi connectivity index (χ2n) is 4.95. The van der Waals surface area contributed by atoms with Gasteiger partial charge >= 0.3 is 0 Å². The second kappa shape index (κ2) is 4.65. The molecule has 1 unspecified atom stereocenters. The van der Waals surface area contributed by atoms with Gasteiger partial charge in [-0.25, -0.2) is 0 Å². The monoisotopic (exact) mass is 203 g/mol. The summed E-state index contributed by atoms with van der Waals surface area (Å²) in [5.74, 6) is 0.997. The van der Waals surface area contributed by atoms with Crippen molar-refractivity contribution in [1.82, 2.24) is 5.32 Å². The average Bonchev–Trinajstić information content (AvgIpc) is 2.05. The topological polar surface area (TPSA) is 12.0 Å². The third-order valence-electron chi connectivity index (χ3n) is 3.85. The number of halogens is 1. The summed E-state index contributed by atoms with van der Waals surface area (Å²) < 4.78 is 0. The molecule has 2 aliphatic rings. The van der Waals surface area contributed by atoms with E-state index in [1.807, 2.05) is 0 Å². The van der Waals surface area contributed by atoms with Crippen molar-refractivity contribution in [3.63, 3.8) is 0 Å². The van der Waals surface area contributed by atoms with Gasteiger partial charge in [-0.3, -0.25) is 0 Å². The molecular weight excluding hydrogens is 182 g/mol. The highest BCUT2D eigenvalue weighted by atomic mass is 35.5. The van der Waals surface area contributed by atoms with Gasteiger partial charge in [0.25, 0.3) is 0 Å². The van der Waals surface area contributed by atoms with Gasteiger partial charge in [-0.2, -0.15) is 0 Å². The lowest BCUT2D eigenvalue weighted by Gasteiger charge is -2.43. The summed E-state index contributed by atoms with van der Waals surface area (Å²) in [6, 6.07) is 0. The summed E-state index contributed by atoms with van der Waals surface area (Å²) >= 11 is 0. The van der Waals surface area contributed by atoms with Crippen LogP contribution >= 0.6 is 12.4 Å². The molecule has 0 aromatic heterocycles. The van der Waals surface area contributed by atoms with E-state index >= 15 is 0 Å². The lowest BCUT2D eigenvalue weighted by atomic mass is 9.65. The number of hydrogen-bond donors (Lipinski definition) is 1. The van der Waals surface area contributed by atoms with E-state index in [0.717, 1.165) is 11.3 Å². The molecule has 0 radical (unpaired) electrons. The van der Waals surface area contributed by atoms with E-state index in [0.29, 0.717) is 0 Å². The molecule has 1 saturated heterocycles. The largest absolute Gasteiger partial charge is 0.317 e. The summed E-state index contributed by atoms with van der Waals surface area (Å²) in [4.78, 5) is 0. The third-order valence-corrected chi connectivity index (χ3v) is 3.85.